The number of hydrogen-bond donors (Lipinski definition) is 0. The molecule has 1 saturated heterocycles. The van der Waals surface area contributed by atoms with Crippen LogP contribution in [0.25, 0.3) is 6.08 Å². The maximum atomic E-state index is 13.9. The highest BCUT2D eigenvalue weighted by Gasteiger charge is 2.35. The summed E-state index contributed by atoms with van der Waals surface area (Å²) in [5.74, 6) is 0.307. The Labute approximate surface area is 167 Å². The summed E-state index contributed by atoms with van der Waals surface area (Å²) in [7, 11) is 0. The molecular weight excluding hydrogens is 381 g/mol. The Morgan fingerprint density at radius 1 is 1.04 bits per heavy atom. The first kappa shape index (κ1) is 19.9. The van der Waals surface area contributed by atoms with Crippen LogP contribution >= 0.6 is 11.8 Å². The molecule has 1 aliphatic heterocycles. The lowest BCUT2D eigenvalue weighted by molar-refractivity contribution is -0.123. The average Bonchev–Trinajstić information content (AvgIpc) is 2.93. The van der Waals surface area contributed by atoms with E-state index in [0.717, 1.165) is 16.7 Å². The first-order chi connectivity index (χ1) is 13.5. The largest absolute Gasteiger partial charge is 0.490 e. The average molecular weight is 401 g/mol. The first-order valence-electron chi connectivity index (χ1n) is 8.92. The van der Waals surface area contributed by atoms with Crippen LogP contribution in [0.2, 0.25) is 0 Å². The standard InChI is InChI=1S/C21H20FNO4S/c1-3-26-17-10-9-14(11-18(17)27-4-2)12-19-20(24)23(21(25)28-19)13-15-7-5-6-8-16(15)22/h5-12H,3-4,13H2,1-2H3/b19-12-. The third-order valence-corrected chi connectivity index (χ3v) is 4.93. The molecule has 7 heteroatoms. The van der Waals surface area contributed by atoms with Gasteiger partial charge in [-0.05, 0) is 55.4 Å². The summed E-state index contributed by atoms with van der Waals surface area (Å²) >= 11 is 0.839. The number of nitrogens with zero attached hydrogens (tertiary/aromatic N) is 1. The normalized spacial score (nSPS) is 15.4. The zero-order valence-electron chi connectivity index (χ0n) is 15.6. The summed E-state index contributed by atoms with van der Waals surface area (Å²) in [4.78, 5) is 26.3. The molecule has 5 nitrogen and oxygen atoms in total. The summed E-state index contributed by atoms with van der Waals surface area (Å²) in [6.45, 7) is 4.64. The van der Waals surface area contributed by atoms with Crippen LogP contribution in [0.4, 0.5) is 9.18 Å². The van der Waals surface area contributed by atoms with Gasteiger partial charge in [-0.25, -0.2) is 4.39 Å². The second kappa shape index (κ2) is 8.93. The summed E-state index contributed by atoms with van der Waals surface area (Å²) in [6.07, 6.45) is 1.63. The summed E-state index contributed by atoms with van der Waals surface area (Å²) in [5, 5.41) is -0.421. The van der Waals surface area contributed by atoms with E-state index in [1.807, 2.05) is 13.8 Å². The van der Waals surface area contributed by atoms with Gasteiger partial charge in [0.25, 0.3) is 11.1 Å². The van der Waals surface area contributed by atoms with Gasteiger partial charge in [0.15, 0.2) is 11.5 Å². The van der Waals surface area contributed by atoms with Gasteiger partial charge in [-0.15, -0.1) is 0 Å². The number of imide groups is 1. The van der Waals surface area contributed by atoms with Gasteiger partial charge in [0.1, 0.15) is 5.82 Å². The Hall–Kier alpha value is -2.80. The van der Waals surface area contributed by atoms with Crippen LogP contribution in [0, 0.1) is 5.82 Å². The molecule has 146 valence electrons. The highest BCUT2D eigenvalue weighted by molar-refractivity contribution is 8.18. The van der Waals surface area contributed by atoms with Gasteiger partial charge in [0.05, 0.1) is 24.7 Å². The molecular formula is C21H20FNO4S. The van der Waals surface area contributed by atoms with Crippen LogP contribution < -0.4 is 9.47 Å². The molecule has 0 aromatic heterocycles. The molecule has 1 fully saturated rings. The molecule has 0 radical (unpaired) electrons. The quantitative estimate of drug-likeness (QED) is 0.620. The second-order valence-electron chi connectivity index (χ2n) is 5.93. The SMILES string of the molecule is CCOc1ccc(/C=C2\SC(=O)N(Cc3ccccc3F)C2=O)cc1OCC. The molecule has 3 rings (SSSR count). The van der Waals surface area contributed by atoms with Crippen LogP contribution in [0.5, 0.6) is 11.5 Å². The molecule has 2 aromatic rings. The van der Waals surface area contributed by atoms with Gasteiger partial charge >= 0.3 is 0 Å². The van der Waals surface area contributed by atoms with E-state index in [1.54, 1.807) is 42.5 Å². The Morgan fingerprint density at radius 2 is 1.75 bits per heavy atom. The minimum atomic E-state index is -0.446. The van der Waals surface area contributed by atoms with Gasteiger partial charge in [0, 0.05) is 5.56 Å². The van der Waals surface area contributed by atoms with E-state index in [4.69, 9.17) is 9.47 Å². The van der Waals surface area contributed by atoms with Crippen molar-refractivity contribution in [3.63, 3.8) is 0 Å². The van der Waals surface area contributed by atoms with Gasteiger partial charge in [-0.3, -0.25) is 14.5 Å². The number of halogens is 1. The molecule has 1 aliphatic rings. The Balaban J connectivity index is 1.83. The third kappa shape index (κ3) is 4.36. The molecule has 28 heavy (non-hydrogen) atoms. The molecule has 0 spiro atoms. The van der Waals surface area contributed by atoms with Crippen molar-refractivity contribution in [3.05, 3.63) is 64.3 Å². The molecule has 2 aromatic carbocycles. The molecule has 1 heterocycles. The van der Waals surface area contributed by atoms with Crippen LogP contribution in [-0.4, -0.2) is 29.3 Å². The number of rotatable bonds is 7. The lowest BCUT2D eigenvalue weighted by atomic mass is 10.1. The molecule has 0 unspecified atom stereocenters. The van der Waals surface area contributed by atoms with E-state index in [1.165, 1.54) is 6.07 Å². The zero-order chi connectivity index (χ0) is 20.1. The highest BCUT2D eigenvalue weighted by atomic mass is 32.2. The molecule has 0 saturated carbocycles. The number of ether oxygens (including phenoxy) is 2. The van der Waals surface area contributed by atoms with Crippen molar-refractivity contribution in [2.75, 3.05) is 13.2 Å². The number of benzene rings is 2. The van der Waals surface area contributed by atoms with Crippen molar-refractivity contribution in [2.24, 2.45) is 0 Å². The third-order valence-electron chi connectivity index (χ3n) is 4.03. The molecule has 0 atom stereocenters. The predicted molar refractivity (Wildman–Crippen MR) is 107 cm³/mol. The Bertz CT molecular complexity index is 928. The fraction of sp³-hybridized carbons (Fsp3) is 0.238. The highest BCUT2D eigenvalue weighted by Crippen LogP contribution is 2.35. The number of thioether (sulfide) groups is 1. The van der Waals surface area contributed by atoms with Crippen molar-refractivity contribution in [1.29, 1.82) is 0 Å². The van der Waals surface area contributed by atoms with E-state index in [-0.39, 0.29) is 11.4 Å². The summed E-state index contributed by atoms with van der Waals surface area (Å²) < 4.78 is 25.0. The fourth-order valence-electron chi connectivity index (χ4n) is 2.74. The van der Waals surface area contributed by atoms with Gasteiger partial charge in [-0.1, -0.05) is 24.3 Å². The monoisotopic (exact) mass is 401 g/mol. The van der Waals surface area contributed by atoms with E-state index in [2.05, 4.69) is 0 Å². The first-order valence-corrected chi connectivity index (χ1v) is 9.73. The second-order valence-corrected chi connectivity index (χ2v) is 6.92. The van der Waals surface area contributed by atoms with Gasteiger partial charge in [0.2, 0.25) is 0 Å². The molecule has 2 amide bonds. The van der Waals surface area contributed by atoms with E-state index in [0.29, 0.717) is 35.8 Å². The van der Waals surface area contributed by atoms with Crippen molar-refractivity contribution in [1.82, 2.24) is 4.90 Å². The molecule has 0 aliphatic carbocycles. The van der Waals surface area contributed by atoms with Crippen molar-refractivity contribution < 1.29 is 23.5 Å². The maximum absolute atomic E-state index is 13.9. The lowest BCUT2D eigenvalue weighted by Crippen LogP contribution is -2.27. The van der Waals surface area contributed by atoms with E-state index >= 15 is 0 Å². The van der Waals surface area contributed by atoms with Crippen LogP contribution in [0.3, 0.4) is 0 Å². The summed E-state index contributed by atoms with van der Waals surface area (Å²) in [5.41, 5.74) is 1.01. The van der Waals surface area contributed by atoms with Crippen molar-refractivity contribution in [2.45, 2.75) is 20.4 Å². The lowest BCUT2D eigenvalue weighted by Gasteiger charge is -2.13. The van der Waals surface area contributed by atoms with Crippen LogP contribution in [0.1, 0.15) is 25.0 Å². The van der Waals surface area contributed by atoms with Crippen LogP contribution in [0.15, 0.2) is 47.4 Å². The summed E-state index contributed by atoms with van der Waals surface area (Å²) in [6, 6.07) is 11.4. The molecule has 0 bridgehead atoms. The number of hydrogen-bond acceptors (Lipinski definition) is 5. The number of carbonyl (C=O) groups is 2. The van der Waals surface area contributed by atoms with E-state index in [9.17, 15) is 14.0 Å². The number of amides is 2. The Kier molecular flexibility index (Phi) is 6.36. The van der Waals surface area contributed by atoms with Gasteiger partial charge in [-0.2, -0.15) is 0 Å². The minimum Gasteiger partial charge on any atom is -0.490 e. The molecule has 0 N–H and O–H groups in total. The van der Waals surface area contributed by atoms with Crippen molar-refractivity contribution in [3.8, 4) is 11.5 Å². The Morgan fingerprint density at radius 3 is 2.46 bits per heavy atom. The topological polar surface area (TPSA) is 55.8 Å². The van der Waals surface area contributed by atoms with Crippen LogP contribution in [-0.2, 0) is 11.3 Å². The van der Waals surface area contributed by atoms with Gasteiger partial charge < -0.3 is 9.47 Å². The minimum absolute atomic E-state index is 0.0951. The van der Waals surface area contributed by atoms with E-state index < -0.39 is 17.0 Å². The van der Waals surface area contributed by atoms with Crippen molar-refractivity contribution >= 4 is 29.0 Å². The smallest absolute Gasteiger partial charge is 0.293 e. The predicted octanol–water partition coefficient (Wildman–Crippen LogP) is 4.86. The number of carbonyl (C=O) groups excluding carboxylic acids is 2. The zero-order valence-corrected chi connectivity index (χ0v) is 16.4. The maximum Gasteiger partial charge on any atom is 0.293 e. The fourth-order valence-corrected chi connectivity index (χ4v) is 3.58.